The van der Waals surface area contributed by atoms with Crippen LogP contribution in [0, 0.1) is 0 Å². The Labute approximate surface area is 104 Å². The van der Waals surface area contributed by atoms with E-state index < -0.39 is 5.91 Å². The van der Waals surface area contributed by atoms with Gasteiger partial charge in [-0.2, -0.15) is 0 Å². The van der Waals surface area contributed by atoms with Gasteiger partial charge >= 0.3 is 0 Å². The molecule has 3 N–H and O–H groups in total. The summed E-state index contributed by atoms with van der Waals surface area (Å²) in [5, 5.41) is 2.13. The van der Waals surface area contributed by atoms with Gasteiger partial charge in [0.05, 0.1) is 0 Å². The lowest BCUT2D eigenvalue weighted by molar-refractivity contribution is 0.100. The Hall–Kier alpha value is -2.36. The van der Waals surface area contributed by atoms with Gasteiger partial charge in [0.2, 0.25) is 5.91 Å². The summed E-state index contributed by atoms with van der Waals surface area (Å²) < 4.78 is 0. The largest absolute Gasteiger partial charge is 0.366 e. The highest BCUT2D eigenvalue weighted by atomic mass is 16.1. The zero-order valence-electron chi connectivity index (χ0n) is 10.0. The number of hydrogen-bond acceptors (Lipinski definition) is 2. The van der Waals surface area contributed by atoms with Gasteiger partial charge in [-0.1, -0.05) is 13.0 Å². The smallest absolute Gasteiger partial charge is 0.248 e. The number of hydrogen-bond donors (Lipinski definition) is 2. The van der Waals surface area contributed by atoms with Crippen LogP contribution < -0.4 is 5.73 Å². The highest BCUT2D eigenvalue weighted by Gasteiger charge is 2.08. The molecule has 0 spiro atoms. The number of aromatic nitrogens is 2. The lowest BCUT2D eigenvalue weighted by Crippen LogP contribution is -2.10. The van der Waals surface area contributed by atoms with Crippen LogP contribution in [0.2, 0.25) is 0 Å². The van der Waals surface area contributed by atoms with Gasteiger partial charge in [-0.25, -0.2) is 4.98 Å². The van der Waals surface area contributed by atoms with Crippen molar-refractivity contribution >= 4 is 27.8 Å². The molecule has 0 aliphatic rings. The second-order valence-electron chi connectivity index (χ2n) is 4.30. The number of nitrogens with zero attached hydrogens (tertiary/aromatic N) is 1. The average molecular weight is 239 g/mol. The fourth-order valence-corrected chi connectivity index (χ4v) is 2.17. The highest BCUT2D eigenvalue weighted by molar-refractivity contribution is 6.08. The Kier molecular flexibility index (Phi) is 2.30. The van der Waals surface area contributed by atoms with Gasteiger partial charge in [0.15, 0.2) is 0 Å². The monoisotopic (exact) mass is 239 g/mol. The van der Waals surface area contributed by atoms with Crippen molar-refractivity contribution in [3.63, 3.8) is 0 Å². The molecule has 2 aromatic heterocycles. The van der Waals surface area contributed by atoms with E-state index in [1.54, 1.807) is 12.1 Å². The number of H-pyrrole nitrogens is 1. The van der Waals surface area contributed by atoms with Crippen LogP contribution >= 0.6 is 0 Å². The van der Waals surface area contributed by atoms with Gasteiger partial charge in [0.25, 0.3) is 0 Å². The predicted octanol–water partition coefficient (Wildman–Crippen LogP) is 2.38. The van der Waals surface area contributed by atoms with E-state index in [4.69, 9.17) is 5.73 Å². The van der Waals surface area contributed by atoms with Crippen molar-refractivity contribution in [2.45, 2.75) is 13.3 Å². The van der Waals surface area contributed by atoms with Gasteiger partial charge in [0, 0.05) is 27.5 Å². The first-order valence-electron chi connectivity index (χ1n) is 5.90. The van der Waals surface area contributed by atoms with Gasteiger partial charge in [-0.3, -0.25) is 4.79 Å². The zero-order valence-corrected chi connectivity index (χ0v) is 10.0. The molecule has 1 amide bonds. The molecule has 3 rings (SSSR count). The number of aromatic amines is 1. The number of aryl methyl sites for hydroxylation is 1. The molecule has 2 heterocycles. The van der Waals surface area contributed by atoms with Crippen LogP contribution in [0.5, 0.6) is 0 Å². The van der Waals surface area contributed by atoms with Crippen LogP contribution in [-0.4, -0.2) is 15.9 Å². The molecule has 4 heteroatoms. The third-order valence-corrected chi connectivity index (χ3v) is 3.16. The molecule has 0 aliphatic heterocycles. The molecule has 0 saturated carbocycles. The van der Waals surface area contributed by atoms with Gasteiger partial charge in [-0.15, -0.1) is 0 Å². The Bertz CT molecular complexity index is 758. The Morgan fingerprint density at radius 3 is 2.78 bits per heavy atom. The summed E-state index contributed by atoms with van der Waals surface area (Å²) in [5.74, 6) is -0.419. The van der Waals surface area contributed by atoms with Crippen LogP contribution in [0.1, 0.15) is 23.0 Å². The van der Waals surface area contributed by atoms with Crippen LogP contribution in [0.15, 0.2) is 30.3 Å². The molecule has 0 fully saturated rings. The van der Waals surface area contributed by atoms with E-state index in [-0.39, 0.29) is 0 Å². The van der Waals surface area contributed by atoms with E-state index in [1.165, 1.54) is 0 Å². The first-order chi connectivity index (χ1) is 8.69. The fourth-order valence-electron chi connectivity index (χ4n) is 2.17. The van der Waals surface area contributed by atoms with Crippen molar-refractivity contribution in [1.29, 1.82) is 0 Å². The second kappa shape index (κ2) is 3.84. The first-order valence-corrected chi connectivity index (χ1v) is 5.90. The molecule has 0 bridgehead atoms. The Morgan fingerprint density at radius 1 is 1.28 bits per heavy atom. The van der Waals surface area contributed by atoms with E-state index in [0.717, 1.165) is 34.1 Å². The number of carbonyl (C=O) groups excluding carboxylic acids is 1. The number of nitrogens with one attached hydrogen (secondary N) is 1. The summed E-state index contributed by atoms with van der Waals surface area (Å²) in [4.78, 5) is 18.9. The fraction of sp³-hybridized carbons (Fsp3) is 0.143. The summed E-state index contributed by atoms with van der Waals surface area (Å²) in [6.45, 7) is 2.07. The number of rotatable bonds is 2. The van der Waals surface area contributed by atoms with Crippen LogP contribution in [0.4, 0.5) is 0 Å². The molecule has 0 aliphatic carbocycles. The van der Waals surface area contributed by atoms with Crippen molar-refractivity contribution in [1.82, 2.24) is 9.97 Å². The Balaban J connectivity index is 2.31. The normalized spacial score (nSPS) is 11.2. The quantitative estimate of drug-likeness (QED) is 0.720. The third kappa shape index (κ3) is 1.54. The maximum Gasteiger partial charge on any atom is 0.248 e. The molecule has 0 saturated heterocycles. The third-order valence-electron chi connectivity index (χ3n) is 3.16. The minimum atomic E-state index is -0.419. The van der Waals surface area contributed by atoms with E-state index >= 15 is 0 Å². The number of fused-ring (bicyclic) bond motifs is 3. The molecule has 0 unspecified atom stereocenters. The van der Waals surface area contributed by atoms with E-state index in [1.807, 2.05) is 12.1 Å². The predicted molar refractivity (Wildman–Crippen MR) is 71.5 cm³/mol. The summed E-state index contributed by atoms with van der Waals surface area (Å²) >= 11 is 0. The van der Waals surface area contributed by atoms with Crippen LogP contribution in [0.25, 0.3) is 21.9 Å². The SMILES string of the molecule is CCc1ccc2c(n1)[nH]c1cc(C(N)=O)ccc12. The molecular formula is C14H13N3O. The highest BCUT2D eigenvalue weighted by Crippen LogP contribution is 2.25. The van der Waals surface area contributed by atoms with Crippen molar-refractivity contribution < 1.29 is 4.79 Å². The van der Waals surface area contributed by atoms with Crippen molar-refractivity contribution in [3.05, 3.63) is 41.6 Å². The number of benzene rings is 1. The molecule has 18 heavy (non-hydrogen) atoms. The van der Waals surface area contributed by atoms with Crippen LogP contribution in [0.3, 0.4) is 0 Å². The lowest BCUT2D eigenvalue weighted by atomic mass is 10.1. The van der Waals surface area contributed by atoms with E-state index in [0.29, 0.717) is 5.56 Å². The molecule has 0 atom stereocenters. The number of carbonyl (C=O) groups is 1. The molecule has 90 valence electrons. The van der Waals surface area contributed by atoms with E-state index in [2.05, 4.69) is 23.0 Å². The van der Waals surface area contributed by atoms with Gasteiger partial charge in [-0.05, 0) is 30.7 Å². The molecule has 0 radical (unpaired) electrons. The first kappa shape index (κ1) is 10.8. The van der Waals surface area contributed by atoms with E-state index in [9.17, 15) is 4.79 Å². The molecule has 1 aromatic carbocycles. The van der Waals surface area contributed by atoms with Crippen LogP contribution in [-0.2, 0) is 6.42 Å². The lowest BCUT2D eigenvalue weighted by Gasteiger charge is -1.96. The molecule has 4 nitrogen and oxygen atoms in total. The second-order valence-corrected chi connectivity index (χ2v) is 4.30. The summed E-state index contributed by atoms with van der Waals surface area (Å²) in [6.07, 6.45) is 0.901. The van der Waals surface area contributed by atoms with Crippen molar-refractivity contribution in [2.75, 3.05) is 0 Å². The summed E-state index contributed by atoms with van der Waals surface area (Å²) in [6, 6.07) is 9.50. The maximum atomic E-state index is 11.2. The number of primary amides is 1. The zero-order chi connectivity index (χ0) is 12.7. The minimum Gasteiger partial charge on any atom is -0.366 e. The minimum absolute atomic E-state index is 0.419. The maximum absolute atomic E-state index is 11.2. The van der Waals surface area contributed by atoms with Crippen molar-refractivity contribution in [3.8, 4) is 0 Å². The van der Waals surface area contributed by atoms with Gasteiger partial charge < -0.3 is 10.7 Å². The molecular weight excluding hydrogens is 226 g/mol. The standard InChI is InChI=1S/C14H13N3O/c1-2-9-4-6-11-10-5-3-8(13(15)18)7-12(10)17-14(11)16-9/h3-7H,2H2,1H3,(H2,15,18)(H,16,17). The average Bonchev–Trinajstić information content (AvgIpc) is 2.74. The van der Waals surface area contributed by atoms with Gasteiger partial charge in [0.1, 0.15) is 5.65 Å². The number of amides is 1. The summed E-state index contributed by atoms with van der Waals surface area (Å²) in [7, 11) is 0. The topological polar surface area (TPSA) is 71.8 Å². The summed E-state index contributed by atoms with van der Waals surface area (Å²) in [5.41, 5.74) is 8.57. The number of nitrogens with two attached hydrogens (primary N) is 1. The molecule has 3 aromatic rings. The Morgan fingerprint density at radius 2 is 2.06 bits per heavy atom. The number of pyridine rings is 1. The van der Waals surface area contributed by atoms with Crippen molar-refractivity contribution in [2.24, 2.45) is 5.73 Å².